The van der Waals surface area contributed by atoms with E-state index in [-0.39, 0.29) is 22.3 Å². The summed E-state index contributed by atoms with van der Waals surface area (Å²) in [6.07, 6.45) is 3.25. The Balaban J connectivity index is 0.000000181. The van der Waals surface area contributed by atoms with Gasteiger partial charge in [0.1, 0.15) is 24.7 Å². The summed E-state index contributed by atoms with van der Waals surface area (Å²) in [5.41, 5.74) is 3.56. The summed E-state index contributed by atoms with van der Waals surface area (Å²) in [7, 11) is 0. The van der Waals surface area contributed by atoms with Gasteiger partial charge in [-0.15, -0.1) is 0 Å². The number of nitrogens with one attached hydrogen (secondary N) is 2. The van der Waals surface area contributed by atoms with Crippen molar-refractivity contribution in [1.29, 1.82) is 0 Å². The van der Waals surface area contributed by atoms with Gasteiger partial charge in [0, 0.05) is 0 Å². The van der Waals surface area contributed by atoms with Crippen LogP contribution in [0.1, 0.15) is 22.3 Å². The average molecular weight is 692 g/mol. The Labute approximate surface area is 283 Å². The first-order valence-electron chi connectivity index (χ1n) is 13.7. The first-order chi connectivity index (χ1) is 22.2. The van der Waals surface area contributed by atoms with Crippen LogP contribution in [0.4, 0.5) is 9.59 Å². The maximum atomic E-state index is 11.5. The Morgan fingerprint density at radius 1 is 0.565 bits per heavy atom. The fourth-order valence-electron chi connectivity index (χ4n) is 4.06. The Bertz CT molecular complexity index is 1710. The van der Waals surface area contributed by atoms with Crippen molar-refractivity contribution in [3.8, 4) is 11.5 Å². The average Bonchev–Trinajstić information content (AvgIpc) is 3.54. The van der Waals surface area contributed by atoms with Crippen molar-refractivity contribution in [2.24, 2.45) is 0 Å². The van der Waals surface area contributed by atoms with E-state index in [2.05, 4.69) is 10.6 Å². The number of amides is 4. The van der Waals surface area contributed by atoms with Gasteiger partial charge in [-0.05, 0) is 82.2 Å². The third kappa shape index (κ3) is 9.27. The number of carbonyl (C=O) groups excluding carboxylic acids is 4. The highest BCUT2D eigenvalue weighted by Gasteiger charge is 2.26. The SMILES string of the molecule is O=C1NC(=O)C(=Cc2ccc(OCc3ccccc3)c(Cl)c2)S1.O=C1NC(=O)C(=Cc2ccc(OCc3ccccc3)c(Cl)c2)S1. The number of rotatable bonds is 8. The van der Waals surface area contributed by atoms with Crippen LogP contribution in [0.25, 0.3) is 12.2 Å². The Morgan fingerprint density at radius 3 is 1.28 bits per heavy atom. The topological polar surface area (TPSA) is 111 Å². The van der Waals surface area contributed by atoms with Crippen LogP contribution in [-0.2, 0) is 22.8 Å². The number of hydrogen-bond donors (Lipinski definition) is 2. The molecule has 2 aliphatic heterocycles. The van der Waals surface area contributed by atoms with Gasteiger partial charge in [0.25, 0.3) is 22.3 Å². The van der Waals surface area contributed by atoms with Crippen LogP contribution in [0.2, 0.25) is 10.0 Å². The van der Waals surface area contributed by atoms with E-state index in [4.69, 9.17) is 32.7 Å². The maximum Gasteiger partial charge on any atom is 0.290 e. The lowest BCUT2D eigenvalue weighted by atomic mass is 10.2. The van der Waals surface area contributed by atoms with Crippen LogP contribution in [0.5, 0.6) is 11.5 Å². The molecule has 0 spiro atoms. The first kappa shape index (κ1) is 32.9. The fraction of sp³-hybridized carbons (Fsp3) is 0.0588. The molecule has 232 valence electrons. The first-order valence-corrected chi connectivity index (χ1v) is 16.0. The van der Waals surface area contributed by atoms with Crippen molar-refractivity contribution >= 4 is 81.2 Å². The molecule has 2 N–H and O–H groups in total. The predicted octanol–water partition coefficient (Wildman–Crippen LogP) is 8.49. The van der Waals surface area contributed by atoms with E-state index < -0.39 is 0 Å². The standard InChI is InChI=1S/2C17H12ClNO3S/c2*18-13-8-12(9-15-16(20)19-17(21)23-15)6-7-14(13)22-10-11-4-2-1-3-5-11/h2*1-9H,10H2,(H,19,20,21). The van der Waals surface area contributed by atoms with Gasteiger partial charge in [0.15, 0.2) is 0 Å². The summed E-state index contributed by atoms with van der Waals surface area (Å²) in [5, 5.41) is 4.59. The second-order valence-corrected chi connectivity index (χ2v) is 12.5. The van der Waals surface area contributed by atoms with E-state index >= 15 is 0 Å². The second-order valence-electron chi connectivity index (χ2n) is 9.63. The molecule has 2 heterocycles. The van der Waals surface area contributed by atoms with Gasteiger partial charge >= 0.3 is 0 Å². The molecular formula is C34H24Cl2N2O6S2. The lowest BCUT2D eigenvalue weighted by Crippen LogP contribution is -2.17. The molecule has 0 aromatic heterocycles. The highest BCUT2D eigenvalue weighted by Crippen LogP contribution is 2.31. The maximum absolute atomic E-state index is 11.5. The molecule has 4 aromatic rings. The van der Waals surface area contributed by atoms with E-state index in [0.717, 1.165) is 45.8 Å². The third-order valence-electron chi connectivity index (χ3n) is 6.27. The number of imide groups is 2. The summed E-state index contributed by atoms with van der Waals surface area (Å²) < 4.78 is 11.4. The highest BCUT2D eigenvalue weighted by atomic mass is 35.5. The molecule has 0 radical (unpaired) electrons. The number of ether oxygens (including phenoxy) is 2. The van der Waals surface area contributed by atoms with Crippen molar-refractivity contribution in [2.75, 3.05) is 0 Å². The zero-order valence-corrected chi connectivity index (χ0v) is 27.0. The second kappa shape index (κ2) is 15.7. The number of benzene rings is 4. The molecule has 0 unspecified atom stereocenters. The van der Waals surface area contributed by atoms with Crippen molar-refractivity contribution in [1.82, 2.24) is 10.6 Å². The molecule has 2 fully saturated rings. The van der Waals surface area contributed by atoms with Crippen LogP contribution >= 0.6 is 46.7 Å². The smallest absolute Gasteiger partial charge is 0.290 e. The van der Waals surface area contributed by atoms with Crippen LogP contribution in [0.15, 0.2) is 107 Å². The van der Waals surface area contributed by atoms with Gasteiger partial charge in [-0.3, -0.25) is 29.8 Å². The lowest BCUT2D eigenvalue weighted by molar-refractivity contribution is -0.116. The molecule has 2 aliphatic rings. The predicted molar refractivity (Wildman–Crippen MR) is 183 cm³/mol. The van der Waals surface area contributed by atoms with E-state index in [1.165, 1.54) is 0 Å². The van der Waals surface area contributed by atoms with Crippen molar-refractivity contribution < 1.29 is 28.7 Å². The minimum Gasteiger partial charge on any atom is -0.487 e. The van der Waals surface area contributed by atoms with Gasteiger partial charge in [-0.2, -0.15) is 0 Å². The van der Waals surface area contributed by atoms with Gasteiger partial charge in [-0.25, -0.2) is 0 Å². The normalized spacial score (nSPS) is 15.8. The molecular weight excluding hydrogens is 667 g/mol. The van der Waals surface area contributed by atoms with Crippen LogP contribution in [0.3, 0.4) is 0 Å². The zero-order valence-electron chi connectivity index (χ0n) is 23.8. The van der Waals surface area contributed by atoms with Gasteiger partial charge in [0.2, 0.25) is 0 Å². The molecule has 4 aromatic carbocycles. The fourth-order valence-corrected chi connectivity index (χ4v) is 5.91. The van der Waals surface area contributed by atoms with E-state index in [9.17, 15) is 19.2 Å². The Morgan fingerprint density at radius 2 is 0.957 bits per heavy atom. The van der Waals surface area contributed by atoms with E-state index in [1.54, 1.807) is 48.6 Å². The Kier molecular flexibility index (Phi) is 11.2. The number of carbonyl (C=O) groups is 4. The summed E-state index contributed by atoms with van der Waals surface area (Å²) in [6, 6.07) is 30.0. The molecule has 46 heavy (non-hydrogen) atoms. The third-order valence-corrected chi connectivity index (χ3v) is 8.48. The van der Waals surface area contributed by atoms with Gasteiger partial charge < -0.3 is 9.47 Å². The Hall–Kier alpha value is -4.48. The number of thioether (sulfide) groups is 2. The summed E-state index contributed by atoms with van der Waals surface area (Å²) in [4.78, 5) is 46.0. The monoisotopic (exact) mass is 690 g/mol. The number of hydrogen-bond acceptors (Lipinski definition) is 8. The molecule has 0 saturated carbocycles. The van der Waals surface area contributed by atoms with Crippen LogP contribution < -0.4 is 20.1 Å². The molecule has 0 aliphatic carbocycles. The highest BCUT2D eigenvalue weighted by molar-refractivity contribution is 8.18. The number of halogens is 2. The van der Waals surface area contributed by atoms with Crippen molar-refractivity contribution in [3.05, 3.63) is 139 Å². The van der Waals surface area contributed by atoms with E-state index in [0.29, 0.717) is 44.6 Å². The summed E-state index contributed by atoms with van der Waals surface area (Å²) in [6.45, 7) is 0.849. The molecule has 12 heteroatoms. The zero-order chi connectivity index (χ0) is 32.5. The van der Waals surface area contributed by atoms with Crippen molar-refractivity contribution in [2.45, 2.75) is 13.2 Å². The summed E-state index contributed by atoms with van der Waals surface area (Å²) in [5.74, 6) is 0.357. The minimum atomic E-state index is -0.388. The molecule has 2 saturated heterocycles. The van der Waals surface area contributed by atoms with E-state index in [1.807, 2.05) is 60.7 Å². The van der Waals surface area contributed by atoms with Gasteiger partial charge in [-0.1, -0.05) is 96.0 Å². The lowest BCUT2D eigenvalue weighted by Gasteiger charge is -2.08. The molecule has 6 rings (SSSR count). The van der Waals surface area contributed by atoms with Crippen LogP contribution in [0, 0.1) is 0 Å². The van der Waals surface area contributed by atoms with Crippen LogP contribution in [-0.4, -0.2) is 22.3 Å². The molecule has 4 amide bonds. The largest absolute Gasteiger partial charge is 0.487 e. The molecule has 8 nitrogen and oxygen atoms in total. The summed E-state index contributed by atoms with van der Waals surface area (Å²) >= 11 is 14.2. The quantitative estimate of drug-likeness (QED) is 0.177. The van der Waals surface area contributed by atoms with Crippen molar-refractivity contribution in [3.63, 3.8) is 0 Å². The molecule has 0 bridgehead atoms. The minimum absolute atomic E-state index is 0.351. The van der Waals surface area contributed by atoms with Gasteiger partial charge in [0.05, 0.1) is 19.9 Å². The molecule has 0 atom stereocenters.